The number of rotatable bonds is 9. The van der Waals surface area contributed by atoms with Gasteiger partial charge in [0.2, 0.25) is 0 Å². The van der Waals surface area contributed by atoms with Gasteiger partial charge >= 0.3 is 0 Å². The lowest BCUT2D eigenvalue weighted by atomic mass is 10.0. The Morgan fingerprint density at radius 1 is 1.12 bits per heavy atom. The highest BCUT2D eigenvalue weighted by Gasteiger charge is 2.21. The summed E-state index contributed by atoms with van der Waals surface area (Å²) in [4.78, 5) is 26.0. The van der Waals surface area contributed by atoms with Gasteiger partial charge in [0.1, 0.15) is 5.69 Å². The van der Waals surface area contributed by atoms with Crippen LogP contribution in [0.1, 0.15) is 33.0 Å². The molecule has 7 heteroatoms. The van der Waals surface area contributed by atoms with E-state index in [1.165, 1.54) is 21.8 Å². The maximum absolute atomic E-state index is 13.4. The molecule has 0 spiro atoms. The molecule has 2 aromatic heterocycles. The number of ether oxygens (including phenoxy) is 1. The minimum atomic E-state index is -0.0616. The van der Waals surface area contributed by atoms with E-state index in [0.29, 0.717) is 25.4 Å². The lowest BCUT2D eigenvalue weighted by molar-refractivity contribution is 0.0718. The topological polar surface area (TPSA) is 55.3 Å². The maximum atomic E-state index is 13.4. The molecule has 0 saturated heterocycles. The van der Waals surface area contributed by atoms with Crippen molar-refractivity contribution in [1.29, 1.82) is 0 Å². The fourth-order valence-electron chi connectivity index (χ4n) is 3.96. The maximum Gasteiger partial charge on any atom is 0.273 e. The number of pyridine rings is 1. The van der Waals surface area contributed by atoms with Gasteiger partial charge in [0.25, 0.3) is 5.91 Å². The van der Waals surface area contributed by atoms with Crippen molar-refractivity contribution in [2.24, 2.45) is 0 Å². The van der Waals surface area contributed by atoms with Crippen molar-refractivity contribution in [2.45, 2.75) is 31.7 Å². The zero-order valence-corrected chi connectivity index (χ0v) is 21.6. The first kappa shape index (κ1) is 24.4. The van der Waals surface area contributed by atoms with Gasteiger partial charge in [-0.1, -0.05) is 29.8 Å². The fraction of sp³-hybridized carbons (Fsp3) is 0.296. The number of carbonyl (C=O) groups is 1. The van der Waals surface area contributed by atoms with Crippen LogP contribution in [0.4, 0.5) is 0 Å². The second kappa shape index (κ2) is 11.1. The number of amides is 1. The van der Waals surface area contributed by atoms with Crippen LogP contribution in [0.5, 0.6) is 0 Å². The van der Waals surface area contributed by atoms with Crippen LogP contribution in [0.3, 0.4) is 0 Å². The first-order valence-electron chi connectivity index (χ1n) is 11.2. The first-order chi connectivity index (χ1) is 16.5. The van der Waals surface area contributed by atoms with E-state index in [0.717, 1.165) is 39.2 Å². The summed E-state index contributed by atoms with van der Waals surface area (Å²) in [6.45, 7) is 5.64. The van der Waals surface area contributed by atoms with Gasteiger partial charge in [-0.05, 0) is 56.4 Å². The molecule has 0 saturated carbocycles. The Morgan fingerprint density at radius 2 is 1.97 bits per heavy atom. The van der Waals surface area contributed by atoms with Gasteiger partial charge in [0, 0.05) is 48.0 Å². The molecule has 0 bridgehead atoms. The van der Waals surface area contributed by atoms with E-state index in [-0.39, 0.29) is 5.91 Å². The summed E-state index contributed by atoms with van der Waals surface area (Å²) in [5.74, 6) is -0.0616. The van der Waals surface area contributed by atoms with Crippen LogP contribution < -0.4 is 0 Å². The number of methoxy groups -OCH3 is 1. The predicted octanol–water partition coefficient (Wildman–Crippen LogP) is 6.38. The molecule has 0 aliphatic rings. The third-order valence-corrected chi connectivity index (χ3v) is 7.16. The van der Waals surface area contributed by atoms with Gasteiger partial charge in [0.15, 0.2) is 0 Å². The minimum Gasteiger partial charge on any atom is -0.385 e. The normalized spacial score (nSPS) is 11.2. The number of nitrogens with zero attached hydrogens (tertiary/aromatic N) is 3. The van der Waals surface area contributed by atoms with Crippen LogP contribution >= 0.6 is 23.1 Å². The van der Waals surface area contributed by atoms with Gasteiger partial charge < -0.3 is 9.64 Å². The van der Waals surface area contributed by atoms with Crippen LogP contribution in [-0.4, -0.2) is 47.3 Å². The van der Waals surface area contributed by atoms with Crippen molar-refractivity contribution < 1.29 is 9.53 Å². The second-order valence-electron chi connectivity index (χ2n) is 8.25. The number of aromatic nitrogens is 2. The number of benzene rings is 2. The van der Waals surface area contributed by atoms with Crippen molar-refractivity contribution in [2.75, 3.05) is 26.5 Å². The molecule has 34 heavy (non-hydrogen) atoms. The van der Waals surface area contributed by atoms with Crippen molar-refractivity contribution in [3.8, 4) is 11.3 Å². The standard InChI is InChI=1S/C27H29N3O2S2/c1-18-7-5-8-21(13-18)26-22(14-20-9-10-23(33-4)15-24(20)29-26)16-30(11-6-12-32-3)27(31)25-17-34-19(2)28-25/h5,7-10,13-15,17H,6,11-12,16H2,1-4H3. The summed E-state index contributed by atoms with van der Waals surface area (Å²) in [6.07, 6.45) is 2.82. The molecule has 176 valence electrons. The molecule has 0 aliphatic heterocycles. The number of hydrogen-bond donors (Lipinski definition) is 0. The summed E-state index contributed by atoms with van der Waals surface area (Å²) in [6, 6.07) is 16.9. The molecule has 0 aliphatic carbocycles. The Balaban J connectivity index is 1.78. The predicted molar refractivity (Wildman–Crippen MR) is 142 cm³/mol. The molecule has 0 radical (unpaired) electrons. The lowest BCUT2D eigenvalue weighted by Crippen LogP contribution is -2.32. The van der Waals surface area contributed by atoms with E-state index < -0.39 is 0 Å². The van der Waals surface area contributed by atoms with Crippen molar-refractivity contribution in [3.05, 3.63) is 75.7 Å². The van der Waals surface area contributed by atoms with Crippen LogP contribution in [-0.2, 0) is 11.3 Å². The Labute approximate surface area is 209 Å². The van der Waals surface area contributed by atoms with Gasteiger partial charge in [-0.3, -0.25) is 4.79 Å². The Morgan fingerprint density at radius 3 is 2.68 bits per heavy atom. The number of carbonyl (C=O) groups excluding carboxylic acids is 1. The molecule has 0 atom stereocenters. The third-order valence-electron chi connectivity index (χ3n) is 5.66. The summed E-state index contributed by atoms with van der Waals surface area (Å²) >= 11 is 3.20. The fourth-order valence-corrected chi connectivity index (χ4v) is 4.98. The molecular formula is C27H29N3O2S2. The summed E-state index contributed by atoms with van der Waals surface area (Å²) in [7, 11) is 1.68. The number of fused-ring (bicyclic) bond motifs is 1. The summed E-state index contributed by atoms with van der Waals surface area (Å²) < 4.78 is 5.25. The molecule has 1 amide bonds. The van der Waals surface area contributed by atoms with Crippen LogP contribution in [0.25, 0.3) is 22.2 Å². The van der Waals surface area contributed by atoms with E-state index in [9.17, 15) is 4.79 Å². The quantitative estimate of drug-likeness (QED) is 0.201. The molecule has 0 fully saturated rings. The molecule has 0 unspecified atom stereocenters. The first-order valence-corrected chi connectivity index (χ1v) is 13.3. The van der Waals surface area contributed by atoms with Crippen LogP contribution in [0.2, 0.25) is 0 Å². The molecule has 2 heterocycles. The SMILES string of the molecule is COCCCN(Cc1cc2ccc(SC)cc2nc1-c1cccc(C)c1)C(=O)c1csc(C)n1. The Hall–Kier alpha value is -2.74. The molecule has 0 N–H and O–H groups in total. The second-order valence-corrected chi connectivity index (χ2v) is 10.2. The zero-order valence-electron chi connectivity index (χ0n) is 20.0. The minimum absolute atomic E-state index is 0.0616. The van der Waals surface area contributed by atoms with Crippen molar-refractivity contribution in [1.82, 2.24) is 14.9 Å². The highest BCUT2D eigenvalue weighted by atomic mass is 32.2. The van der Waals surface area contributed by atoms with E-state index in [1.807, 2.05) is 17.2 Å². The summed E-state index contributed by atoms with van der Waals surface area (Å²) in [5, 5.41) is 3.79. The molecule has 5 nitrogen and oxygen atoms in total. The van der Waals surface area contributed by atoms with Crippen molar-refractivity contribution >= 4 is 39.9 Å². The van der Waals surface area contributed by atoms with Gasteiger partial charge in [-0.2, -0.15) is 0 Å². The largest absolute Gasteiger partial charge is 0.385 e. The van der Waals surface area contributed by atoms with E-state index >= 15 is 0 Å². The highest BCUT2D eigenvalue weighted by molar-refractivity contribution is 7.98. The average Bonchev–Trinajstić information content (AvgIpc) is 3.28. The monoisotopic (exact) mass is 491 g/mol. The van der Waals surface area contributed by atoms with Crippen LogP contribution in [0.15, 0.2) is 58.8 Å². The lowest BCUT2D eigenvalue weighted by Gasteiger charge is -2.23. The molecule has 4 aromatic rings. The van der Waals surface area contributed by atoms with E-state index in [2.05, 4.69) is 66.7 Å². The Bertz CT molecular complexity index is 1300. The summed E-state index contributed by atoms with van der Waals surface area (Å²) in [5.41, 5.74) is 5.62. The number of aryl methyl sites for hydroxylation is 2. The van der Waals surface area contributed by atoms with Crippen LogP contribution in [0, 0.1) is 13.8 Å². The Kier molecular flexibility index (Phi) is 7.98. The molecule has 4 rings (SSSR count). The van der Waals surface area contributed by atoms with Gasteiger partial charge in [-0.15, -0.1) is 23.1 Å². The number of thiazole rings is 1. The smallest absolute Gasteiger partial charge is 0.273 e. The van der Waals surface area contributed by atoms with E-state index in [1.54, 1.807) is 18.9 Å². The van der Waals surface area contributed by atoms with Gasteiger partial charge in [-0.25, -0.2) is 9.97 Å². The number of hydrogen-bond acceptors (Lipinski definition) is 6. The third kappa shape index (κ3) is 5.66. The highest BCUT2D eigenvalue weighted by Crippen LogP contribution is 2.30. The number of thioether (sulfide) groups is 1. The molecule has 2 aromatic carbocycles. The average molecular weight is 492 g/mol. The molecular weight excluding hydrogens is 462 g/mol. The van der Waals surface area contributed by atoms with Crippen molar-refractivity contribution in [3.63, 3.8) is 0 Å². The zero-order chi connectivity index (χ0) is 24.1. The van der Waals surface area contributed by atoms with E-state index in [4.69, 9.17) is 9.72 Å². The van der Waals surface area contributed by atoms with Gasteiger partial charge in [0.05, 0.1) is 16.2 Å².